The van der Waals surface area contributed by atoms with Gasteiger partial charge in [-0.3, -0.25) is 0 Å². The fraction of sp³-hybridized carbons (Fsp3) is 0.250. The largest absolute Gasteiger partial charge is 0.435 e. The molecule has 0 aliphatic carbocycles. The summed E-state index contributed by atoms with van der Waals surface area (Å²) in [6, 6.07) is 6.39. The summed E-state index contributed by atoms with van der Waals surface area (Å²) in [5, 5.41) is 2.82. The molecular weight excluding hydrogens is 200 g/mol. The van der Waals surface area contributed by atoms with Gasteiger partial charge in [0.25, 0.3) is 0 Å². The predicted molar refractivity (Wildman–Crippen MR) is 49.9 cm³/mol. The molecule has 0 bridgehead atoms. The van der Waals surface area contributed by atoms with E-state index in [1.807, 2.05) is 0 Å². The summed E-state index contributed by atoms with van der Waals surface area (Å²) in [4.78, 5) is 0. The number of ether oxygens (including phenoxy) is 1. The molecule has 0 aromatic heterocycles. The molecule has 0 radical (unpaired) electrons. The van der Waals surface area contributed by atoms with Crippen LogP contribution >= 0.6 is 12.4 Å². The van der Waals surface area contributed by atoms with Crippen molar-refractivity contribution >= 4 is 18.1 Å². The molecule has 1 N–H and O–H groups in total. The predicted octanol–water partition coefficient (Wildman–Crippen LogP) is 2.75. The molecule has 0 aliphatic heterocycles. The Labute approximate surface area is 81.3 Å². The number of hydrogen-bond acceptors (Lipinski definition) is 2. The average Bonchev–Trinajstić information content (AvgIpc) is 2.03. The van der Waals surface area contributed by atoms with E-state index < -0.39 is 6.61 Å². The normalized spacial score (nSPS) is 9.23. The molecule has 1 rings (SSSR count). The Morgan fingerprint density at radius 1 is 1.38 bits per heavy atom. The molecule has 0 heterocycles. The van der Waals surface area contributed by atoms with Gasteiger partial charge >= 0.3 is 6.61 Å². The van der Waals surface area contributed by atoms with Crippen LogP contribution in [0.5, 0.6) is 5.75 Å². The molecule has 0 fully saturated rings. The van der Waals surface area contributed by atoms with Crippen molar-refractivity contribution in [3.63, 3.8) is 0 Å². The van der Waals surface area contributed by atoms with E-state index in [4.69, 9.17) is 0 Å². The highest BCUT2D eigenvalue weighted by molar-refractivity contribution is 5.85. The summed E-state index contributed by atoms with van der Waals surface area (Å²) in [6.45, 7) is -2.77. The summed E-state index contributed by atoms with van der Waals surface area (Å²) < 4.78 is 27.6. The third kappa shape index (κ3) is 3.94. The topological polar surface area (TPSA) is 21.3 Å². The van der Waals surface area contributed by atoms with Crippen LogP contribution in [0.3, 0.4) is 0 Å². The van der Waals surface area contributed by atoms with Crippen LogP contribution in [0.2, 0.25) is 0 Å². The number of halogens is 3. The number of benzene rings is 1. The van der Waals surface area contributed by atoms with E-state index in [0.717, 1.165) is 5.69 Å². The molecule has 13 heavy (non-hydrogen) atoms. The van der Waals surface area contributed by atoms with E-state index in [0.29, 0.717) is 0 Å². The highest BCUT2D eigenvalue weighted by Gasteiger charge is 2.03. The molecule has 0 unspecified atom stereocenters. The van der Waals surface area contributed by atoms with Crippen LogP contribution in [0.25, 0.3) is 0 Å². The van der Waals surface area contributed by atoms with E-state index in [-0.39, 0.29) is 18.2 Å². The van der Waals surface area contributed by atoms with Crippen molar-refractivity contribution in [3.05, 3.63) is 24.3 Å². The fourth-order valence-electron chi connectivity index (χ4n) is 0.828. The van der Waals surface area contributed by atoms with E-state index >= 15 is 0 Å². The van der Waals surface area contributed by atoms with Crippen LogP contribution < -0.4 is 10.1 Å². The second kappa shape index (κ2) is 5.59. The molecule has 1 aromatic rings. The van der Waals surface area contributed by atoms with Crippen molar-refractivity contribution in [2.75, 3.05) is 12.4 Å². The molecule has 0 saturated carbocycles. The first-order valence-electron chi connectivity index (χ1n) is 3.45. The second-order valence-corrected chi connectivity index (χ2v) is 2.16. The van der Waals surface area contributed by atoms with Crippen molar-refractivity contribution in [2.45, 2.75) is 6.61 Å². The van der Waals surface area contributed by atoms with Crippen LogP contribution in [-0.2, 0) is 0 Å². The van der Waals surface area contributed by atoms with E-state index in [1.54, 1.807) is 19.2 Å². The molecule has 0 atom stereocenters. The molecule has 0 aliphatic rings. The molecule has 0 amide bonds. The lowest BCUT2D eigenvalue weighted by Crippen LogP contribution is -2.01. The molecule has 1 aromatic carbocycles. The zero-order valence-electron chi connectivity index (χ0n) is 6.96. The number of anilines is 1. The summed E-state index contributed by atoms with van der Waals surface area (Å²) in [7, 11) is 1.71. The Balaban J connectivity index is 0.00000144. The maximum atomic E-state index is 11.7. The van der Waals surface area contributed by atoms with Crippen molar-refractivity contribution in [1.29, 1.82) is 0 Å². The Morgan fingerprint density at radius 3 is 2.62 bits per heavy atom. The first-order chi connectivity index (χ1) is 5.72. The first kappa shape index (κ1) is 12.0. The van der Waals surface area contributed by atoms with E-state index in [9.17, 15) is 8.78 Å². The van der Waals surface area contributed by atoms with Gasteiger partial charge in [0.05, 0.1) is 0 Å². The standard InChI is InChI=1S/C8H9F2NO.ClH/c1-11-6-3-2-4-7(5-6)12-8(9)10;/h2-5,8,11H,1H3;1H. The van der Waals surface area contributed by atoms with Gasteiger partial charge in [0, 0.05) is 18.8 Å². The van der Waals surface area contributed by atoms with Gasteiger partial charge in [0.15, 0.2) is 0 Å². The zero-order chi connectivity index (χ0) is 8.97. The molecular formula is C8H10ClF2NO. The summed E-state index contributed by atoms with van der Waals surface area (Å²) >= 11 is 0. The summed E-state index contributed by atoms with van der Waals surface area (Å²) in [6.07, 6.45) is 0. The fourth-order valence-corrected chi connectivity index (χ4v) is 0.828. The Kier molecular flexibility index (Phi) is 5.14. The smallest absolute Gasteiger partial charge is 0.387 e. The second-order valence-electron chi connectivity index (χ2n) is 2.16. The van der Waals surface area contributed by atoms with Gasteiger partial charge in [-0.1, -0.05) is 6.07 Å². The van der Waals surface area contributed by atoms with Crippen molar-refractivity contribution in [3.8, 4) is 5.75 Å². The molecule has 2 nitrogen and oxygen atoms in total. The lowest BCUT2D eigenvalue weighted by atomic mass is 10.3. The highest BCUT2D eigenvalue weighted by atomic mass is 35.5. The molecule has 74 valence electrons. The van der Waals surface area contributed by atoms with Crippen LogP contribution in [0, 0.1) is 0 Å². The first-order valence-corrected chi connectivity index (χ1v) is 3.45. The van der Waals surface area contributed by atoms with Gasteiger partial charge in [-0.25, -0.2) is 0 Å². The summed E-state index contributed by atoms with van der Waals surface area (Å²) in [5.41, 5.74) is 0.744. The number of hydrogen-bond donors (Lipinski definition) is 1. The lowest BCUT2D eigenvalue weighted by Gasteiger charge is -2.05. The van der Waals surface area contributed by atoms with Crippen molar-refractivity contribution < 1.29 is 13.5 Å². The third-order valence-electron chi connectivity index (χ3n) is 1.35. The van der Waals surface area contributed by atoms with Crippen LogP contribution in [-0.4, -0.2) is 13.7 Å². The van der Waals surface area contributed by atoms with Gasteiger partial charge in [0.2, 0.25) is 0 Å². The maximum absolute atomic E-state index is 11.7. The quantitative estimate of drug-likeness (QED) is 0.827. The van der Waals surface area contributed by atoms with Gasteiger partial charge in [0.1, 0.15) is 5.75 Å². The van der Waals surface area contributed by atoms with Crippen molar-refractivity contribution in [1.82, 2.24) is 0 Å². The summed E-state index contributed by atoms with van der Waals surface area (Å²) in [5.74, 6) is 0.164. The number of rotatable bonds is 3. The van der Waals surface area contributed by atoms with Crippen molar-refractivity contribution in [2.24, 2.45) is 0 Å². The van der Waals surface area contributed by atoms with Gasteiger partial charge in [-0.15, -0.1) is 12.4 Å². The van der Waals surface area contributed by atoms with Crippen LogP contribution in [0.4, 0.5) is 14.5 Å². The Morgan fingerprint density at radius 2 is 2.08 bits per heavy atom. The maximum Gasteiger partial charge on any atom is 0.387 e. The number of nitrogens with one attached hydrogen (secondary N) is 1. The third-order valence-corrected chi connectivity index (χ3v) is 1.35. The zero-order valence-corrected chi connectivity index (χ0v) is 7.78. The minimum absolute atomic E-state index is 0. The van der Waals surface area contributed by atoms with Gasteiger partial charge in [-0.2, -0.15) is 8.78 Å². The van der Waals surface area contributed by atoms with Gasteiger partial charge < -0.3 is 10.1 Å². The van der Waals surface area contributed by atoms with E-state index in [2.05, 4.69) is 10.1 Å². The lowest BCUT2D eigenvalue weighted by molar-refractivity contribution is -0.0498. The minimum Gasteiger partial charge on any atom is -0.435 e. The molecule has 5 heteroatoms. The SMILES string of the molecule is CNc1cccc(OC(F)F)c1.Cl. The van der Waals surface area contributed by atoms with Gasteiger partial charge in [-0.05, 0) is 12.1 Å². The number of alkyl halides is 2. The average molecular weight is 210 g/mol. The van der Waals surface area contributed by atoms with Crippen LogP contribution in [0.1, 0.15) is 0 Å². The Hall–Kier alpha value is -1.03. The highest BCUT2D eigenvalue weighted by Crippen LogP contribution is 2.18. The monoisotopic (exact) mass is 209 g/mol. The molecule has 0 spiro atoms. The minimum atomic E-state index is -2.77. The molecule has 0 saturated heterocycles. The Bertz CT molecular complexity index is 258. The van der Waals surface area contributed by atoms with E-state index in [1.165, 1.54) is 12.1 Å². The van der Waals surface area contributed by atoms with Crippen LogP contribution in [0.15, 0.2) is 24.3 Å².